The minimum absolute atomic E-state index is 0.294. The van der Waals surface area contributed by atoms with Crippen LogP contribution in [0.4, 0.5) is 5.69 Å². The molecule has 0 amide bonds. The number of rotatable bonds is 2. The Morgan fingerprint density at radius 2 is 2.00 bits per heavy atom. The number of benzene rings is 1. The molecule has 0 N–H and O–H groups in total. The van der Waals surface area contributed by atoms with Crippen LogP contribution in [0, 0.1) is 0 Å². The molecule has 0 radical (unpaired) electrons. The summed E-state index contributed by atoms with van der Waals surface area (Å²) >= 11 is 0. The third kappa shape index (κ3) is 1.37. The smallest absolute Gasteiger partial charge is 0.0736 e. The second kappa shape index (κ2) is 3.09. The number of carbonyl (C=O) groups is 1. The molecule has 1 fully saturated rings. The van der Waals surface area contributed by atoms with Crippen molar-refractivity contribution in [1.29, 1.82) is 0 Å². The lowest BCUT2D eigenvalue weighted by Gasteiger charge is -2.34. The van der Waals surface area contributed by atoms with Crippen molar-refractivity contribution < 1.29 is 9.90 Å². The maximum Gasteiger partial charge on any atom is 0.0736 e. The van der Waals surface area contributed by atoms with E-state index in [4.69, 9.17) is 0 Å². The van der Waals surface area contributed by atoms with E-state index in [9.17, 15) is 9.90 Å². The van der Waals surface area contributed by atoms with Crippen LogP contribution in [0.2, 0.25) is 0 Å². The number of anilines is 1. The first-order valence-electron chi connectivity index (χ1n) is 4.34. The fourth-order valence-electron chi connectivity index (χ4n) is 1.48. The molecule has 0 spiro atoms. The first-order valence-corrected chi connectivity index (χ1v) is 4.34. The van der Waals surface area contributed by atoms with E-state index in [1.165, 1.54) is 0 Å². The number of hydrogen-bond donors (Lipinski definition) is 0. The standard InChI is InChI=1S/C10H11NO2/c12-10(13)8-4-1-2-5-9(8)11-6-3-7-11/h1-2,4-5H,3,6-7H2,(H,12,13)/p-1. The minimum atomic E-state index is -1.09. The Morgan fingerprint density at radius 3 is 2.54 bits per heavy atom. The second-order valence-corrected chi connectivity index (χ2v) is 3.15. The summed E-state index contributed by atoms with van der Waals surface area (Å²) in [7, 11) is 0. The molecule has 1 aromatic rings. The molecule has 0 aliphatic carbocycles. The average molecular weight is 176 g/mol. The molecule has 1 aliphatic heterocycles. The van der Waals surface area contributed by atoms with Crippen molar-refractivity contribution in [3.8, 4) is 0 Å². The summed E-state index contributed by atoms with van der Waals surface area (Å²) in [5.74, 6) is -1.09. The molecule has 1 heterocycles. The van der Waals surface area contributed by atoms with E-state index in [0.29, 0.717) is 5.56 Å². The first kappa shape index (κ1) is 8.10. The summed E-state index contributed by atoms with van der Waals surface area (Å²) in [5, 5.41) is 10.7. The third-order valence-electron chi connectivity index (χ3n) is 2.32. The number of nitrogens with zero attached hydrogens (tertiary/aromatic N) is 1. The van der Waals surface area contributed by atoms with Crippen molar-refractivity contribution in [2.45, 2.75) is 6.42 Å². The van der Waals surface area contributed by atoms with Crippen LogP contribution in [-0.2, 0) is 0 Å². The van der Waals surface area contributed by atoms with E-state index in [0.717, 1.165) is 25.2 Å². The number of para-hydroxylation sites is 1. The Labute approximate surface area is 76.6 Å². The monoisotopic (exact) mass is 176 g/mol. The van der Waals surface area contributed by atoms with Gasteiger partial charge in [0, 0.05) is 24.3 Å². The van der Waals surface area contributed by atoms with Gasteiger partial charge in [0.25, 0.3) is 0 Å². The van der Waals surface area contributed by atoms with Gasteiger partial charge in [-0.3, -0.25) is 0 Å². The summed E-state index contributed by atoms with van der Waals surface area (Å²) in [5.41, 5.74) is 1.08. The van der Waals surface area contributed by atoms with E-state index < -0.39 is 5.97 Å². The molecule has 1 aliphatic rings. The summed E-state index contributed by atoms with van der Waals surface area (Å²) in [4.78, 5) is 12.8. The average Bonchev–Trinajstić information content (AvgIpc) is 2.02. The lowest BCUT2D eigenvalue weighted by atomic mass is 10.1. The lowest BCUT2D eigenvalue weighted by molar-refractivity contribution is -0.254. The predicted octanol–water partition coefficient (Wildman–Crippen LogP) is 0.260. The van der Waals surface area contributed by atoms with E-state index in [1.54, 1.807) is 12.1 Å². The van der Waals surface area contributed by atoms with Gasteiger partial charge in [-0.2, -0.15) is 0 Å². The van der Waals surface area contributed by atoms with Gasteiger partial charge in [0.05, 0.1) is 5.97 Å². The number of aromatic carboxylic acids is 1. The Hall–Kier alpha value is -1.51. The molecule has 0 unspecified atom stereocenters. The molecule has 0 bridgehead atoms. The third-order valence-corrected chi connectivity index (χ3v) is 2.32. The normalized spacial score (nSPS) is 15.2. The molecule has 1 aromatic carbocycles. The maximum absolute atomic E-state index is 10.7. The van der Waals surface area contributed by atoms with Gasteiger partial charge in [-0.25, -0.2) is 0 Å². The molecule has 0 aromatic heterocycles. The van der Waals surface area contributed by atoms with Gasteiger partial charge >= 0.3 is 0 Å². The second-order valence-electron chi connectivity index (χ2n) is 3.15. The first-order chi connectivity index (χ1) is 6.29. The highest BCUT2D eigenvalue weighted by molar-refractivity contribution is 5.93. The van der Waals surface area contributed by atoms with Gasteiger partial charge in [-0.05, 0) is 12.5 Å². The van der Waals surface area contributed by atoms with E-state index >= 15 is 0 Å². The van der Waals surface area contributed by atoms with Gasteiger partial charge in [0.15, 0.2) is 0 Å². The van der Waals surface area contributed by atoms with Crippen LogP contribution < -0.4 is 10.0 Å². The zero-order valence-corrected chi connectivity index (χ0v) is 7.19. The van der Waals surface area contributed by atoms with Gasteiger partial charge < -0.3 is 14.8 Å². The topological polar surface area (TPSA) is 43.4 Å². The van der Waals surface area contributed by atoms with Crippen molar-refractivity contribution in [1.82, 2.24) is 0 Å². The Balaban J connectivity index is 2.36. The molecule has 0 saturated carbocycles. The summed E-state index contributed by atoms with van der Waals surface area (Å²) in [6.07, 6.45) is 1.14. The zero-order chi connectivity index (χ0) is 9.26. The summed E-state index contributed by atoms with van der Waals surface area (Å²) in [6, 6.07) is 6.97. The molecular formula is C10H10NO2-. The fourth-order valence-corrected chi connectivity index (χ4v) is 1.48. The summed E-state index contributed by atoms with van der Waals surface area (Å²) in [6.45, 7) is 1.90. The van der Waals surface area contributed by atoms with Crippen molar-refractivity contribution in [3.63, 3.8) is 0 Å². The van der Waals surface area contributed by atoms with Crippen molar-refractivity contribution in [2.75, 3.05) is 18.0 Å². The highest BCUT2D eigenvalue weighted by Crippen LogP contribution is 2.24. The molecule has 3 nitrogen and oxygen atoms in total. The molecule has 68 valence electrons. The molecular weight excluding hydrogens is 166 g/mol. The Bertz CT molecular complexity index is 331. The number of carboxylic acid groups (broad SMARTS) is 1. The molecule has 3 heteroatoms. The Kier molecular flexibility index (Phi) is 1.93. The van der Waals surface area contributed by atoms with E-state index in [-0.39, 0.29) is 0 Å². The minimum Gasteiger partial charge on any atom is -0.545 e. The van der Waals surface area contributed by atoms with Crippen LogP contribution in [0.3, 0.4) is 0 Å². The van der Waals surface area contributed by atoms with Crippen LogP contribution in [0.15, 0.2) is 24.3 Å². The van der Waals surface area contributed by atoms with Gasteiger partial charge in [0.2, 0.25) is 0 Å². The molecule has 13 heavy (non-hydrogen) atoms. The maximum atomic E-state index is 10.7. The van der Waals surface area contributed by atoms with Crippen LogP contribution in [0.25, 0.3) is 0 Å². The number of hydrogen-bond acceptors (Lipinski definition) is 3. The van der Waals surface area contributed by atoms with Gasteiger partial charge in [0.1, 0.15) is 0 Å². The quantitative estimate of drug-likeness (QED) is 0.649. The SMILES string of the molecule is O=C([O-])c1ccccc1N1CCC1. The number of carbonyl (C=O) groups excluding carboxylic acids is 1. The highest BCUT2D eigenvalue weighted by Gasteiger charge is 2.17. The molecule has 1 saturated heterocycles. The molecule has 0 atom stereocenters. The largest absolute Gasteiger partial charge is 0.545 e. The van der Waals surface area contributed by atoms with Gasteiger partial charge in [-0.1, -0.05) is 18.2 Å². The lowest BCUT2D eigenvalue weighted by Crippen LogP contribution is -2.39. The van der Waals surface area contributed by atoms with Crippen molar-refractivity contribution in [2.24, 2.45) is 0 Å². The van der Waals surface area contributed by atoms with Crippen molar-refractivity contribution in [3.05, 3.63) is 29.8 Å². The van der Waals surface area contributed by atoms with Crippen LogP contribution in [0.5, 0.6) is 0 Å². The predicted molar refractivity (Wildman–Crippen MR) is 47.6 cm³/mol. The highest BCUT2D eigenvalue weighted by atomic mass is 16.4. The van der Waals surface area contributed by atoms with Crippen molar-refractivity contribution >= 4 is 11.7 Å². The Morgan fingerprint density at radius 1 is 1.31 bits per heavy atom. The number of carboxylic acids is 1. The fraction of sp³-hybridized carbons (Fsp3) is 0.300. The van der Waals surface area contributed by atoms with Gasteiger partial charge in [-0.15, -0.1) is 0 Å². The van der Waals surface area contributed by atoms with Crippen LogP contribution in [0.1, 0.15) is 16.8 Å². The van der Waals surface area contributed by atoms with Crippen LogP contribution in [-0.4, -0.2) is 19.1 Å². The zero-order valence-electron chi connectivity index (χ0n) is 7.19. The molecule has 2 rings (SSSR count). The van der Waals surface area contributed by atoms with E-state index in [2.05, 4.69) is 0 Å². The van der Waals surface area contributed by atoms with Crippen LogP contribution >= 0.6 is 0 Å². The van der Waals surface area contributed by atoms with E-state index in [1.807, 2.05) is 17.0 Å². The summed E-state index contributed by atoms with van der Waals surface area (Å²) < 4.78 is 0.